The van der Waals surface area contributed by atoms with Crippen LogP contribution >= 0.6 is 0 Å². The van der Waals surface area contributed by atoms with E-state index in [0.717, 1.165) is 32.4 Å². The standard InChI is InChI=1S/C17H23N3O2/c1-2-16(21)19-13-5-3-4-12(10-13)17(22)20-14-6-7-15(20)11-18-9-8-14/h3-5,10,14-15,18H,2,6-9,11H2,1H3,(H,19,21). The van der Waals surface area contributed by atoms with Gasteiger partial charge in [-0.3, -0.25) is 9.59 Å². The van der Waals surface area contributed by atoms with Crippen molar-refractivity contribution in [3.8, 4) is 0 Å². The van der Waals surface area contributed by atoms with Crippen LogP contribution in [0, 0.1) is 0 Å². The molecule has 2 aliphatic rings. The number of nitrogens with zero attached hydrogens (tertiary/aromatic N) is 1. The molecule has 2 amide bonds. The maximum absolute atomic E-state index is 12.9. The Bertz CT molecular complexity index is 559. The molecule has 1 aromatic carbocycles. The largest absolute Gasteiger partial charge is 0.331 e. The molecule has 0 radical (unpaired) electrons. The Morgan fingerprint density at radius 1 is 1.27 bits per heavy atom. The minimum atomic E-state index is -0.0383. The molecular formula is C17H23N3O2. The molecule has 0 aromatic heterocycles. The first-order chi connectivity index (χ1) is 10.7. The molecule has 2 aliphatic heterocycles. The number of carbonyl (C=O) groups excluding carboxylic acids is 2. The molecule has 2 fully saturated rings. The number of carbonyl (C=O) groups is 2. The summed E-state index contributed by atoms with van der Waals surface area (Å²) in [7, 11) is 0. The topological polar surface area (TPSA) is 61.4 Å². The first-order valence-corrected chi connectivity index (χ1v) is 8.12. The second-order valence-corrected chi connectivity index (χ2v) is 6.07. The van der Waals surface area contributed by atoms with Gasteiger partial charge in [0.05, 0.1) is 0 Å². The van der Waals surface area contributed by atoms with Crippen LogP contribution in [-0.2, 0) is 4.79 Å². The van der Waals surface area contributed by atoms with Crippen molar-refractivity contribution >= 4 is 17.5 Å². The summed E-state index contributed by atoms with van der Waals surface area (Å²) < 4.78 is 0. The second-order valence-electron chi connectivity index (χ2n) is 6.07. The molecule has 5 heteroatoms. The van der Waals surface area contributed by atoms with E-state index in [0.29, 0.717) is 29.8 Å². The fourth-order valence-electron chi connectivity index (χ4n) is 3.44. The molecule has 2 unspecified atom stereocenters. The number of hydrogen-bond acceptors (Lipinski definition) is 3. The van der Waals surface area contributed by atoms with Gasteiger partial charge in [0.25, 0.3) is 5.91 Å². The Morgan fingerprint density at radius 2 is 2.09 bits per heavy atom. The van der Waals surface area contributed by atoms with Gasteiger partial charge in [-0.25, -0.2) is 0 Å². The first-order valence-electron chi connectivity index (χ1n) is 8.12. The second kappa shape index (κ2) is 6.48. The summed E-state index contributed by atoms with van der Waals surface area (Å²) in [5, 5.41) is 6.23. The van der Waals surface area contributed by atoms with Crippen LogP contribution in [0.25, 0.3) is 0 Å². The van der Waals surface area contributed by atoms with E-state index >= 15 is 0 Å². The third-order valence-electron chi connectivity index (χ3n) is 4.60. The van der Waals surface area contributed by atoms with Crippen LogP contribution in [0.1, 0.15) is 43.0 Å². The maximum atomic E-state index is 12.9. The molecular weight excluding hydrogens is 278 g/mol. The van der Waals surface area contributed by atoms with Gasteiger partial charge in [0, 0.05) is 36.3 Å². The molecule has 1 aromatic rings. The average molecular weight is 301 g/mol. The number of benzene rings is 1. The summed E-state index contributed by atoms with van der Waals surface area (Å²) in [6.07, 6.45) is 3.63. The van der Waals surface area contributed by atoms with Crippen LogP contribution < -0.4 is 10.6 Å². The molecule has 2 heterocycles. The number of rotatable bonds is 3. The van der Waals surface area contributed by atoms with E-state index in [-0.39, 0.29) is 11.8 Å². The van der Waals surface area contributed by atoms with Crippen molar-refractivity contribution in [2.24, 2.45) is 0 Å². The molecule has 2 N–H and O–H groups in total. The summed E-state index contributed by atoms with van der Waals surface area (Å²) in [5.74, 6) is 0.0486. The van der Waals surface area contributed by atoms with Crippen molar-refractivity contribution in [3.05, 3.63) is 29.8 Å². The van der Waals surface area contributed by atoms with Gasteiger partial charge in [-0.15, -0.1) is 0 Å². The summed E-state index contributed by atoms with van der Waals surface area (Å²) in [6, 6.07) is 7.92. The highest BCUT2D eigenvalue weighted by atomic mass is 16.2. The van der Waals surface area contributed by atoms with Crippen molar-refractivity contribution in [1.29, 1.82) is 0 Å². The van der Waals surface area contributed by atoms with Gasteiger partial charge in [-0.05, 0) is 44.0 Å². The number of amides is 2. The van der Waals surface area contributed by atoms with Gasteiger partial charge in [0.15, 0.2) is 0 Å². The number of anilines is 1. The monoisotopic (exact) mass is 301 g/mol. The summed E-state index contributed by atoms with van der Waals surface area (Å²) in [6.45, 7) is 3.68. The van der Waals surface area contributed by atoms with Crippen LogP contribution in [0.4, 0.5) is 5.69 Å². The van der Waals surface area contributed by atoms with Crippen LogP contribution in [0.2, 0.25) is 0 Å². The minimum absolute atomic E-state index is 0.0383. The molecule has 118 valence electrons. The zero-order chi connectivity index (χ0) is 15.5. The minimum Gasteiger partial charge on any atom is -0.331 e. The zero-order valence-electron chi connectivity index (χ0n) is 13.0. The lowest BCUT2D eigenvalue weighted by Gasteiger charge is -2.28. The Morgan fingerprint density at radius 3 is 2.91 bits per heavy atom. The summed E-state index contributed by atoms with van der Waals surface area (Å²) in [4.78, 5) is 26.5. The highest BCUT2D eigenvalue weighted by Gasteiger charge is 2.38. The van der Waals surface area contributed by atoms with E-state index in [9.17, 15) is 9.59 Å². The van der Waals surface area contributed by atoms with E-state index < -0.39 is 0 Å². The maximum Gasteiger partial charge on any atom is 0.254 e. The van der Waals surface area contributed by atoms with E-state index in [1.54, 1.807) is 6.07 Å². The quantitative estimate of drug-likeness (QED) is 0.897. The predicted molar refractivity (Wildman–Crippen MR) is 85.8 cm³/mol. The molecule has 0 saturated carbocycles. The van der Waals surface area contributed by atoms with E-state index in [2.05, 4.69) is 15.5 Å². The lowest BCUT2D eigenvalue weighted by molar-refractivity contribution is -0.115. The smallest absolute Gasteiger partial charge is 0.254 e. The molecule has 5 nitrogen and oxygen atoms in total. The number of nitrogens with one attached hydrogen (secondary N) is 2. The molecule has 2 saturated heterocycles. The lowest BCUT2D eigenvalue weighted by Crippen LogP contribution is -2.42. The van der Waals surface area contributed by atoms with Crippen molar-refractivity contribution in [1.82, 2.24) is 10.2 Å². The van der Waals surface area contributed by atoms with Gasteiger partial charge >= 0.3 is 0 Å². The van der Waals surface area contributed by atoms with E-state index in [1.165, 1.54) is 0 Å². The molecule has 0 spiro atoms. The van der Waals surface area contributed by atoms with Crippen molar-refractivity contribution in [2.45, 2.75) is 44.7 Å². The normalized spacial score (nSPS) is 24.0. The third-order valence-corrected chi connectivity index (χ3v) is 4.60. The van der Waals surface area contributed by atoms with Gasteiger partial charge in [0.2, 0.25) is 5.91 Å². The molecule has 3 rings (SSSR count). The number of fused-ring (bicyclic) bond motifs is 2. The van der Waals surface area contributed by atoms with Crippen molar-refractivity contribution < 1.29 is 9.59 Å². The SMILES string of the molecule is CCC(=O)Nc1cccc(C(=O)N2C3CCNCC2CC3)c1. The lowest BCUT2D eigenvalue weighted by atomic mass is 10.1. The molecule has 2 atom stereocenters. The Kier molecular flexibility index (Phi) is 4.43. The van der Waals surface area contributed by atoms with Gasteiger partial charge in [0.1, 0.15) is 0 Å². The number of hydrogen-bond donors (Lipinski definition) is 2. The summed E-state index contributed by atoms with van der Waals surface area (Å²) >= 11 is 0. The van der Waals surface area contributed by atoms with Gasteiger partial charge in [-0.2, -0.15) is 0 Å². The average Bonchev–Trinajstić information content (AvgIpc) is 2.79. The Hall–Kier alpha value is -1.88. The van der Waals surface area contributed by atoms with Gasteiger partial charge < -0.3 is 15.5 Å². The highest BCUT2D eigenvalue weighted by molar-refractivity contribution is 5.97. The van der Waals surface area contributed by atoms with E-state index in [1.807, 2.05) is 25.1 Å². The van der Waals surface area contributed by atoms with Crippen LogP contribution in [-0.4, -0.2) is 41.9 Å². The fraction of sp³-hybridized carbons (Fsp3) is 0.529. The zero-order valence-corrected chi connectivity index (χ0v) is 13.0. The van der Waals surface area contributed by atoms with Crippen LogP contribution in [0.3, 0.4) is 0 Å². The predicted octanol–water partition coefficient (Wildman–Crippen LogP) is 2.00. The van der Waals surface area contributed by atoms with E-state index in [4.69, 9.17) is 0 Å². The summed E-state index contributed by atoms with van der Waals surface area (Å²) in [5.41, 5.74) is 1.35. The Balaban J connectivity index is 1.80. The third kappa shape index (κ3) is 2.99. The molecule has 2 bridgehead atoms. The Labute approximate surface area is 131 Å². The van der Waals surface area contributed by atoms with Gasteiger partial charge in [-0.1, -0.05) is 13.0 Å². The highest BCUT2D eigenvalue weighted by Crippen LogP contribution is 2.30. The fourth-order valence-corrected chi connectivity index (χ4v) is 3.44. The molecule has 0 aliphatic carbocycles. The van der Waals surface area contributed by atoms with Crippen molar-refractivity contribution in [3.63, 3.8) is 0 Å². The van der Waals surface area contributed by atoms with Crippen LogP contribution in [0.15, 0.2) is 24.3 Å². The first kappa shape index (κ1) is 15.0. The van der Waals surface area contributed by atoms with Crippen molar-refractivity contribution in [2.75, 3.05) is 18.4 Å². The molecule has 22 heavy (non-hydrogen) atoms. The van der Waals surface area contributed by atoms with Crippen LogP contribution in [0.5, 0.6) is 0 Å².